The Balaban J connectivity index is 2.10. The van der Waals surface area contributed by atoms with Crippen molar-refractivity contribution in [2.24, 2.45) is 0 Å². The molecule has 2 rings (SSSR count). The summed E-state index contributed by atoms with van der Waals surface area (Å²) in [6.07, 6.45) is -1.62. The summed E-state index contributed by atoms with van der Waals surface area (Å²) in [5.41, 5.74) is 1.89. The first-order valence-corrected chi connectivity index (χ1v) is 6.12. The average Bonchev–Trinajstić information content (AvgIpc) is 2.73. The predicted octanol–water partition coefficient (Wildman–Crippen LogP) is 3.64. The lowest BCUT2D eigenvalue weighted by Gasteiger charge is -2.14. The van der Waals surface area contributed by atoms with Crippen molar-refractivity contribution in [1.82, 2.24) is 9.55 Å². The minimum absolute atomic E-state index is 0.00870. The van der Waals surface area contributed by atoms with Crippen LogP contribution in [0.3, 0.4) is 0 Å². The van der Waals surface area contributed by atoms with Crippen molar-refractivity contribution >= 4 is 0 Å². The van der Waals surface area contributed by atoms with Crippen LogP contribution < -0.4 is 4.74 Å². The number of hydrogen-bond donors (Lipinski definition) is 0. The van der Waals surface area contributed by atoms with E-state index >= 15 is 0 Å². The van der Waals surface area contributed by atoms with Gasteiger partial charge in [-0.1, -0.05) is 18.2 Å². The molecule has 6 heteroatoms. The van der Waals surface area contributed by atoms with Crippen LogP contribution in [0.5, 0.6) is 5.75 Å². The Morgan fingerprint density at radius 3 is 2.45 bits per heavy atom. The van der Waals surface area contributed by atoms with Crippen LogP contribution in [0.2, 0.25) is 0 Å². The van der Waals surface area contributed by atoms with Gasteiger partial charge in [0.15, 0.2) is 0 Å². The molecule has 0 bridgehead atoms. The molecular formula is C14H15F3N2O. The van der Waals surface area contributed by atoms with Crippen LogP contribution in [0, 0.1) is 13.8 Å². The third-order valence-corrected chi connectivity index (χ3v) is 2.91. The second kappa shape index (κ2) is 5.56. The van der Waals surface area contributed by atoms with Crippen LogP contribution in [0.4, 0.5) is 13.2 Å². The van der Waals surface area contributed by atoms with Gasteiger partial charge in [-0.3, -0.25) is 0 Å². The van der Waals surface area contributed by atoms with E-state index in [-0.39, 0.29) is 12.4 Å². The van der Waals surface area contributed by atoms with Crippen LogP contribution in [-0.4, -0.2) is 15.7 Å². The molecule has 0 aliphatic heterocycles. The zero-order valence-electron chi connectivity index (χ0n) is 11.2. The molecule has 20 heavy (non-hydrogen) atoms. The monoisotopic (exact) mass is 284 g/mol. The van der Waals surface area contributed by atoms with Crippen LogP contribution >= 0.6 is 0 Å². The van der Waals surface area contributed by atoms with Gasteiger partial charge in [-0.25, -0.2) is 4.98 Å². The number of benzene rings is 1. The summed E-state index contributed by atoms with van der Waals surface area (Å²) in [4.78, 5) is 3.91. The van der Waals surface area contributed by atoms with E-state index in [0.717, 1.165) is 15.7 Å². The first-order chi connectivity index (χ1) is 9.37. The van der Waals surface area contributed by atoms with E-state index in [9.17, 15) is 13.2 Å². The van der Waals surface area contributed by atoms with Crippen molar-refractivity contribution in [3.8, 4) is 5.75 Å². The zero-order chi connectivity index (χ0) is 14.8. The largest absolute Gasteiger partial charge is 0.485 e. The number of rotatable bonds is 4. The van der Waals surface area contributed by atoms with Crippen molar-refractivity contribution in [2.75, 3.05) is 0 Å². The third-order valence-electron chi connectivity index (χ3n) is 2.91. The lowest BCUT2D eigenvalue weighted by Crippen LogP contribution is -2.19. The Hall–Kier alpha value is -1.98. The van der Waals surface area contributed by atoms with E-state index in [0.29, 0.717) is 5.75 Å². The molecule has 0 saturated heterocycles. The highest BCUT2D eigenvalue weighted by molar-refractivity contribution is 5.39. The number of alkyl halides is 3. The lowest BCUT2D eigenvalue weighted by molar-refractivity contribution is -0.141. The maximum Gasteiger partial charge on any atom is 0.406 e. The summed E-state index contributed by atoms with van der Waals surface area (Å²) in [6.45, 7) is 2.74. The number of aromatic nitrogens is 2. The first kappa shape index (κ1) is 14.4. The summed E-state index contributed by atoms with van der Waals surface area (Å²) in [6, 6.07) is 5.69. The van der Waals surface area contributed by atoms with Gasteiger partial charge in [-0.2, -0.15) is 13.2 Å². The van der Waals surface area contributed by atoms with E-state index in [2.05, 4.69) is 4.98 Å². The molecule has 0 saturated carbocycles. The van der Waals surface area contributed by atoms with Crippen LogP contribution in [-0.2, 0) is 13.2 Å². The lowest BCUT2D eigenvalue weighted by atomic mass is 10.1. The van der Waals surface area contributed by atoms with Crippen LogP contribution in [0.15, 0.2) is 30.6 Å². The molecule has 0 fully saturated rings. The average molecular weight is 284 g/mol. The molecule has 1 aromatic heterocycles. The highest BCUT2D eigenvalue weighted by Crippen LogP contribution is 2.24. The zero-order valence-corrected chi connectivity index (χ0v) is 11.2. The van der Waals surface area contributed by atoms with Crippen molar-refractivity contribution in [1.29, 1.82) is 0 Å². The molecule has 2 aromatic rings. The Bertz CT molecular complexity index is 570. The van der Waals surface area contributed by atoms with Crippen molar-refractivity contribution in [2.45, 2.75) is 33.2 Å². The summed E-state index contributed by atoms with van der Waals surface area (Å²) in [5, 5.41) is 0. The van der Waals surface area contributed by atoms with Gasteiger partial charge in [0.25, 0.3) is 0 Å². The van der Waals surface area contributed by atoms with E-state index in [1.807, 2.05) is 32.0 Å². The minimum Gasteiger partial charge on any atom is -0.485 e. The van der Waals surface area contributed by atoms with Crippen molar-refractivity contribution < 1.29 is 17.9 Å². The summed E-state index contributed by atoms with van der Waals surface area (Å²) < 4.78 is 43.9. The highest BCUT2D eigenvalue weighted by Gasteiger charge is 2.28. The summed E-state index contributed by atoms with van der Waals surface area (Å²) in [5.74, 6) is 0.944. The molecule has 0 aliphatic carbocycles. The second-order valence-electron chi connectivity index (χ2n) is 4.60. The molecule has 0 spiro atoms. The van der Waals surface area contributed by atoms with Gasteiger partial charge in [0.05, 0.1) is 0 Å². The number of imidazole rings is 1. The van der Waals surface area contributed by atoms with Crippen LogP contribution in [0.1, 0.15) is 17.0 Å². The molecule has 3 nitrogen and oxygen atoms in total. The molecular weight excluding hydrogens is 269 g/mol. The SMILES string of the molecule is Cc1cccc(C)c1OCc1nccn1CC(F)(F)F. The fourth-order valence-electron chi connectivity index (χ4n) is 1.98. The van der Waals surface area contributed by atoms with Crippen LogP contribution in [0.25, 0.3) is 0 Å². The number of nitrogens with zero attached hydrogens (tertiary/aromatic N) is 2. The minimum atomic E-state index is -4.27. The maximum atomic E-state index is 12.4. The van der Waals surface area contributed by atoms with Gasteiger partial charge in [-0.05, 0) is 25.0 Å². The smallest absolute Gasteiger partial charge is 0.406 e. The van der Waals surface area contributed by atoms with E-state index in [1.165, 1.54) is 12.4 Å². The number of halogens is 3. The first-order valence-electron chi connectivity index (χ1n) is 6.12. The van der Waals surface area contributed by atoms with Gasteiger partial charge in [0.1, 0.15) is 24.7 Å². The third kappa shape index (κ3) is 3.53. The van der Waals surface area contributed by atoms with Crippen molar-refractivity contribution in [3.63, 3.8) is 0 Å². The van der Waals surface area contributed by atoms with E-state index in [1.54, 1.807) is 0 Å². The highest BCUT2D eigenvalue weighted by atomic mass is 19.4. The molecule has 1 heterocycles. The predicted molar refractivity (Wildman–Crippen MR) is 68.5 cm³/mol. The molecule has 1 aromatic carbocycles. The number of para-hydroxylation sites is 1. The number of aryl methyl sites for hydroxylation is 2. The van der Waals surface area contributed by atoms with Gasteiger partial charge >= 0.3 is 6.18 Å². The van der Waals surface area contributed by atoms with Gasteiger partial charge < -0.3 is 9.30 Å². The summed E-state index contributed by atoms with van der Waals surface area (Å²) >= 11 is 0. The molecule has 0 atom stereocenters. The number of hydrogen-bond acceptors (Lipinski definition) is 2. The van der Waals surface area contributed by atoms with Gasteiger partial charge in [0, 0.05) is 12.4 Å². The normalized spacial score (nSPS) is 11.7. The molecule has 0 N–H and O–H groups in total. The maximum absolute atomic E-state index is 12.4. The Morgan fingerprint density at radius 2 is 1.85 bits per heavy atom. The Kier molecular flexibility index (Phi) is 4.01. The fourth-order valence-corrected chi connectivity index (χ4v) is 1.98. The van der Waals surface area contributed by atoms with E-state index in [4.69, 9.17) is 4.74 Å². The standard InChI is InChI=1S/C14H15F3N2O/c1-10-4-3-5-11(2)13(10)20-8-12-18-6-7-19(12)9-14(15,16)17/h3-7H,8-9H2,1-2H3. The topological polar surface area (TPSA) is 27.1 Å². The molecule has 0 amide bonds. The fraction of sp³-hybridized carbons (Fsp3) is 0.357. The van der Waals surface area contributed by atoms with Gasteiger partial charge in [-0.15, -0.1) is 0 Å². The number of ether oxygens (including phenoxy) is 1. The Morgan fingerprint density at radius 1 is 1.20 bits per heavy atom. The molecule has 0 unspecified atom stereocenters. The molecule has 0 aliphatic rings. The van der Waals surface area contributed by atoms with Crippen molar-refractivity contribution in [3.05, 3.63) is 47.5 Å². The molecule has 0 radical (unpaired) electrons. The second-order valence-corrected chi connectivity index (χ2v) is 4.60. The quantitative estimate of drug-likeness (QED) is 0.857. The Labute approximate surface area is 115 Å². The molecule has 108 valence electrons. The van der Waals surface area contributed by atoms with E-state index < -0.39 is 12.7 Å². The van der Waals surface area contributed by atoms with Gasteiger partial charge in [0.2, 0.25) is 0 Å². The summed E-state index contributed by atoms with van der Waals surface area (Å²) in [7, 11) is 0.